The summed E-state index contributed by atoms with van der Waals surface area (Å²) in [6.45, 7) is 4.62. The molecule has 4 heteroatoms. The Bertz CT molecular complexity index is 560. The molecule has 3 nitrogen and oxygen atoms in total. The first-order chi connectivity index (χ1) is 9.20. The van der Waals surface area contributed by atoms with Crippen LogP contribution in [0.25, 0.3) is 10.1 Å². The van der Waals surface area contributed by atoms with Crippen molar-refractivity contribution in [3.05, 3.63) is 35.2 Å². The first-order valence-electron chi connectivity index (χ1n) is 6.67. The third-order valence-corrected chi connectivity index (χ3v) is 4.64. The van der Waals surface area contributed by atoms with E-state index >= 15 is 0 Å². The van der Waals surface area contributed by atoms with Crippen LogP contribution in [0.3, 0.4) is 0 Å². The lowest BCUT2D eigenvalue weighted by Crippen LogP contribution is -2.35. The number of carbonyl (C=O) groups excluding carboxylic acids is 1. The Kier molecular flexibility index (Phi) is 3.53. The number of likely N-dealkylation sites (tertiary alicyclic amines) is 1. The van der Waals surface area contributed by atoms with Crippen LogP contribution in [-0.2, 0) is 11.3 Å². The van der Waals surface area contributed by atoms with Gasteiger partial charge in [0, 0.05) is 42.2 Å². The minimum Gasteiger partial charge on any atom is -0.352 e. The van der Waals surface area contributed by atoms with Crippen LogP contribution in [0, 0.1) is 0 Å². The van der Waals surface area contributed by atoms with Crippen LogP contribution in [0.2, 0.25) is 0 Å². The molecule has 2 heterocycles. The molecule has 2 aromatic rings. The van der Waals surface area contributed by atoms with Crippen molar-refractivity contribution < 1.29 is 4.79 Å². The second-order valence-electron chi connectivity index (χ2n) is 5.17. The summed E-state index contributed by atoms with van der Waals surface area (Å²) in [4.78, 5) is 14.9. The summed E-state index contributed by atoms with van der Waals surface area (Å²) in [6.07, 6.45) is 1.06. The van der Waals surface area contributed by atoms with E-state index in [1.54, 1.807) is 6.92 Å². The van der Waals surface area contributed by atoms with Gasteiger partial charge in [-0.25, -0.2) is 0 Å². The van der Waals surface area contributed by atoms with Gasteiger partial charge in [-0.05, 0) is 23.9 Å². The van der Waals surface area contributed by atoms with E-state index in [-0.39, 0.29) is 5.91 Å². The van der Waals surface area contributed by atoms with Crippen molar-refractivity contribution in [3.63, 3.8) is 0 Å². The highest BCUT2D eigenvalue weighted by Crippen LogP contribution is 2.27. The van der Waals surface area contributed by atoms with Crippen LogP contribution in [-0.4, -0.2) is 29.9 Å². The summed E-state index contributed by atoms with van der Waals surface area (Å²) < 4.78 is 1.36. The molecule has 19 heavy (non-hydrogen) atoms. The Hall–Kier alpha value is -1.39. The molecule has 1 amide bonds. The molecule has 1 aliphatic rings. The quantitative estimate of drug-likeness (QED) is 0.933. The standard InChI is InChI=1S/C15H18N2OS/c1-11(18)16-13-6-7-17(9-13)10-14-8-12-4-2-3-5-15(12)19-14/h2-5,8,13H,6-7,9-10H2,1H3,(H,16,18)/t13-/m1/s1. The van der Waals surface area contributed by atoms with E-state index in [1.807, 2.05) is 11.3 Å². The zero-order chi connectivity index (χ0) is 13.2. The molecule has 1 aromatic carbocycles. The fourth-order valence-electron chi connectivity index (χ4n) is 2.72. The molecule has 100 valence electrons. The summed E-state index contributed by atoms with van der Waals surface area (Å²) >= 11 is 1.87. The average molecular weight is 274 g/mol. The van der Waals surface area contributed by atoms with Crippen LogP contribution < -0.4 is 5.32 Å². The minimum absolute atomic E-state index is 0.0775. The molecule has 1 atom stereocenters. The van der Waals surface area contributed by atoms with E-state index in [0.29, 0.717) is 6.04 Å². The monoisotopic (exact) mass is 274 g/mol. The van der Waals surface area contributed by atoms with Gasteiger partial charge >= 0.3 is 0 Å². The number of thiophene rings is 1. The molecular formula is C15H18N2OS. The van der Waals surface area contributed by atoms with E-state index in [4.69, 9.17) is 0 Å². The molecular weight excluding hydrogens is 256 g/mol. The van der Waals surface area contributed by atoms with Crippen molar-refractivity contribution in [2.45, 2.75) is 25.9 Å². The smallest absolute Gasteiger partial charge is 0.217 e. The Labute approximate surface area is 117 Å². The molecule has 1 aliphatic heterocycles. The highest BCUT2D eigenvalue weighted by molar-refractivity contribution is 7.19. The van der Waals surface area contributed by atoms with Crippen LogP contribution >= 0.6 is 11.3 Å². The molecule has 0 aliphatic carbocycles. The maximum atomic E-state index is 11.1. The van der Waals surface area contributed by atoms with Crippen LogP contribution in [0.4, 0.5) is 0 Å². The van der Waals surface area contributed by atoms with Crippen molar-refractivity contribution in [3.8, 4) is 0 Å². The normalized spacial score (nSPS) is 19.9. The topological polar surface area (TPSA) is 32.3 Å². The van der Waals surface area contributed by atoms with Crippen LogP contribution in [0.5, 0.6) is 0 Å². The minimum atomic E-state index is 0.0775. The number of nitrogens with zero attached hydrogens (tertiary/aromatic N) is 1. The third kappa shape index (κ3) is 2.96. The summed E-state index contributed by atoms with van der Waals surface area (Å²) in [5.41, 5.74) is 0. The van der Waals surface area contributed by atoms with Gasteiger partial charge < -0.3 is 5.32 Å². The number of hydrogen-bond acceptors (Lipinski definition) is 3. The van der Waals surface area contributed by atoms with Gasteiger partial charge in [-0.3, -0.25) is 9.69 Å². The third-order valence-electron chi connectivity index (χ3n) is 3.54. The summed E-state index contributed by atoms with van der Waals surface area (Å²) in [6, 6.07) is 11.1. The molecule has 0 spiro atoms. The lowest BCUT2D eigenvalue weighted by molar-refractivity contribution is -0.119. The van der Waals surface area contributed by atoms with Gasteiger partial charge in [-0.15, -0.1) is 11.3 Å². The first-order valence-corrected chi connectivity index (χ1v) is 7.49. The van der Waals surface area contributed by atoms with Gasteiger partial charge in [0.2, 0.25) is 5.91 Å². The number of benzene rings is 1. The molecule has 0 saturated carbocycles. The maximum absolute atomic E-state index is 11.1. The lowest BCUT2D eigenvalue weighted by atomic mass is 10.2. The first kappa shape index (κ1) is 12.6. The van der Waals surface area contributed by atoms with E-state index < -0.39 is 0 Å². The van der Waals surface area contributed by atoms with Gasteiger partial charge in [0.1, 0.15) is 0 Å². The Balaban J connectivity index is 1.64. The number of hydrogen-bond donors (Lipinski definition) is 1. The predicted octanol–water partition coefficient (Wildman–Crippen LogP) is 2.61. The highest BCUT2D eigenvalue weighted by Gasteiger charge is 2.23. The van der Waals surface area contributed by atoms with Crippen molar-refractivity contribution in [2.75, 3.05) is 13.1 Å². The average Bonchev–Trinajstić information content (AvgIpc) is 2.94. The number of fused-ring (bicyclic) bond motifs is 1. The second-order valence-corrected chi connectivity index (χ2v) is 6.34. The van der Waals surface area contributed by atoms with Gasteiger partial charge in [0.15, 0.2) is 0 Å². The Morgan fingerprint density at radius 3 is 3.11 bits per heavy atom. The van der Waals surface area contributed by atoms with Crippen LogP contribution in [0.1, 0.15) is 18.2 Å². The number of amides is 1. The molecule has 0 bridgehead atoms. The molecule has 3 rings (SSSR count). The zero-order valence-electron chi connectivity index (χ0n) is 11.1. The van der Waals surface area contributed by atoms with E-state index in [2.05, 4.69) is 40.5 Å². The van der Waals surface area contributed by atoms with E-state index in [0.717, 1.165) is 26.1 Å². The fraction of sp³-hybridized carbons (Fsp3) is 0.400. The molecule has 0 unspecified atom stereocenters. The molecule has 1 aromatic heterocycles. The molecule has 1 saturated heterocycles. The zero-order valence-corrected chi connectivity index (χ0v) is 11.9. The largest absolute Gasteiger partial charge is 0.352 e. The van der Waals surface area contributed by atoms with Crippen molar-refractivity contribution >= 4 is 27.3 Å². The van der Waals surface area contributed by atoms with Gasteiger partial charge in [0.25, 0.3) is 0 Å². The maximum Gasteiger partial charge on any atom is 0.217 e. The number of rotatable bonds is 3. The molecule has 0 radical (unpaired) electrons. The predicted molar refractivity (Wildman–Crippen MR) is 79.3 cm³/mol. The SMILES string of the molecule is CC(=O)N[C@@H]1CCN(Cc2cc3ccccc3s2)C1. The number of carbonyl (C=O) groups is 1. The van der Waals surface area contributed by atoms with E-state index in [1.165, 1.54) is 15.0 Å². The summed E-state index contributed by atoms with van der Waals surface area (Å²) in [5.74, 6) is 0.0775. The van der Waals surface area contributed by atoms with Gasteiger partial charge in [-0.1, -0.05) is 18.2 Å². The Morgan fingerprint density at radius 2 is 2.32 bits per heavy atom. The van der Waals surface area contributed by atoms with Gasteiger partial charge in [0.05, 0.1) is 0 Å². The molecule has 1 N–H and O–H groups in total. The Morgan fingerprint density at radius 1 is 1.47 bits per heavy atom. The summed E-state index contributed by atoms with van der Waals surface area (Å²) in [5, 5.41) is 4.34. The number of nitrogens with one attached hydrogen (secondary N) is 1. The van der Waals surface area contributed by atoms with Crippen LogP contribution in [0.15, 0.2) is 30.3 Å². The summed E-state index contributed by atoms with van der Waals surface area (Å²) in [7, 11) is 0. The van der Waals surface area contributed by atoms with Crippen molar-refractivity contribution in [2.24, 2.45) is 0 Å². The van der Waals surface area contributed by atoms with Crippen molar-refractivity contribution in [1.82, 2.24) is 10.2 Å². The van der Waals surface area contributed by atoms with Gasteiger partial charge in [-0.2, -0.15) is 0 Å². The second kappa shape index (κ2) is 5.31. The molecule has 1 fully saturated rings. The lowest BCUT2D eigenvalue weighted by Gasteiger charge is -2.15. The highest BCUT2D eigenvalue weighted by atomic mass is 32.1. The fourth-order valence-corrected chi connectivity index (χ4v) is 3.82. The van der Waals surface area contributed by atoms with E-state index in [9.17, 15) is 4.79 Å². The van der Waals surface area contributed by atoms with Crippen molar-refractivity contribution in [1.29, 1.82) is 0 Å².